The molecule has 7 nitrogen and oxygen atoms in total. The maximum absolute atomic E-state index is 12.6. The van der Waals surface area contributed by atoms with Crippen molar-refractivity contribution >= 4 is 23.6 Å². The van der Waals surface area contributed by atoms with Crippen molar-refractivity contribution in [3.8, 4) is 0 Å². The maximum Gasteiger partial charge on any atom is 0.277 e. The van der Waals surface area contributed by atoms with Gasteiger partial charge in [0.15, 0.2) is 0 Å². The molecule has 152 valence electrons. The number of piperidine rings is 1. The van der Waals surface area contributed by atoms with Crippen LogP contribution in [0, 0.1) is 17.8 Å². The fourth-order valence-electron chi connectivity index (χ4n) is 6.59. The van der Waals surface area contributed by atoms with Crippen molar-refractivity contribution in [1.82, 2.24) is 15.1 Å². The lowest BCUT2D eigenvalue weighted by Crippen LogP contribution is -2.51. The van der Waals surface area contributed by atoms with Gasteiger partial charge in [0.25, 0.3) is 5.22 Å². The molecule has 1 aromatic rings. The van der Waals surface area contributed by atoms with Crippen LogP contribution in [0.15, 0.2) is 9.64 Å². The molecule has 1 aliphatic heterocycles. The van der Waals surface area contributed by atoms with Gasteiger partial charge >= 0.3 is 0 Å². The van der Waals surface area contributed by atoms with E-state index in [1.165, 1.54) is 50.3 Å². The number of thioether (sulfide) groups is 1. The van der Waals surface area contributed by atoms with Crippen LogP contribution in [0.5, 0.6) is 0 Å². The highest BCUT2D eigenvalue weighted by molar-refractivity contribution is 7.99. The molecular formula is C20H28N4O3S. The topological polar surface area (TPSA) is 102 Å². The molecule has 4 aliphatic carbocycles. The van der Waals surface area contributed by atoms with Crippen LogP contribution in [0.25, 0.3) is 0 Å². The van der Waals surface area contributed by atoms with E-state index >= 15 is 0 Å². The third-order valence-corrected chi connectivity index (χ3v) is 8.17. The molecule has 0 unspecified atom stereocenters. The molecule has 4 bridgehead atoms. The van der Waals surface area contributed by atoms with Gasteiger partial charge in [0, 0.05) is 12.0 Å². The Morgan fingerprint density at radius 3 is 2.43 bits per heavy atom. The monoisotopic (exact) mass is 404 g/mol. The van der Waals surface area contributed by atoms with E-state index in [1.54, 1.807) is 4.90 Å². The van der Waals surface area contributed by atoms with Crippen molar-refractivity contribution in [3.63, 3.8) is 0 Å². The molecule has 1 aromatic heterocycles. The zero-order valence-electron chi connectivity index (χ0n) is 16.1. The minimum atomic E-state index is -0.480. The summed E-state index contributed by atoms with van der Waals surface area (Å²) in [7, 11) is 0. The molecule has 0 radical (unpaired) electrons. The van der Waals surface area contributed by atoms with Gasteiger partial charge in [-0.25, -0.2) is 0 Å². The first kappa shape index (κ1) is 18.5. The van der Waals surface area contributed by atoms with Crippen molar-refractivity contribution in [3.05, 3.63) is 5.89 Å². The Bertz CT molecular complexity index is 744. The fourth-order valence-corrected chi connectivity index (χ4v) is 7.24. The number of likely N-dealkylation sites (tertiary alicyclic amines) is 1. The molecule has 0 spiro atoms. The minimum absolute atomic E-state index is 0.0779. The van der Waals surface area contributed by atoms with Gasteiger partial charge in [-0.05, 0) is 75.5 Å². The van der Waals surface area contributed by atoms with Gasteiger partial charge in [0.1, 0.15) is 6.04 Å². The molecule has 4 saturated carbocycles. The van der Waals surface area contributed by atoms with Gasteiger partial charge in [-0.1, -0.05) is 11.8 Å². The van der Waals surface area contributed by atoms with Crippen LogP contribution in [0.1, 0.15) is 63.7 Å². The lowest BCUT2D eigenvalue weighted by molar-refractivity contribution is -0.138. The second-order valence-electron chi connectivity index (χ2n) is 9.36. The van der Waals surface area contributed by atoms with Crippen LogP contribution in [0.2, 0.25) is 0 Å². The number of aromatic nitrogens is 2. The molecule has 2 heterocycles. The number of nitrogens with zero attached hydrogens (tertiary/aromatic N) is 3. The van der Waals surface area contributed by atoms with Crippen LogP contribution < -0.4 is 5.73 Å². The molecule has 6 rings (SSSR count). The van der Waals surface area contributed by atoms with E-state index in [0.29, 0.717) is 18.2 Å². The molecule has 1 atom stereocenters. The summed E-state index contributed by atoms with van der Waals surface area (Å²) in [5.74, 6) is 2.95. The summed E-state index contributed by atoms with van der Waals surface area (Å²) in [5.41, 5.74) is 5.55. The van der Waals surface area contributed by atoms with Gasteiger partial charge in [-0.3, -0.25) is 9.59 Å². The number of rotatable bonds is 5. The Labute approximate surface area is 169 Å². The standard InChI is InChI=1S/C20H28N4O3S/c21-17(26)15-3-1-2-4-24(15)16(25)11-28-19-23-22-18(27-19)20-8-12-5-13(9-20)7-14(6-12)10-20/h12-15H,1-11H2,(H2,21,26)/t12?,13?,14?,15-,20?/m1/s1. The number of nitrogens with two attached hydrogens (primary N) is 1. The van der Waals surface area contributed by atoms with Crippen molar-refractivity contribution < 1.29 is 14.0 Å². The number of carbonyl (C=O) groups is 2. The van der Waals surface area contributed by atoms with Crippen LogP contribution in [-0.4, -0.2) is 45.3 Å². The third kappa shape index (κ3) is 3.23. The molecule has 2 N–H and O–H groups in total. The average molecular weight is 405 g/mol. The van der Waals surface area contributed by atoms with Gasteiger partial charge in [0.2, 0.25) is 17.7 Å². The Morgan fingerprint density at radius 1 is 1.11 bits per heavy atom. The van der Waals surface area contributed by atoms with E-state index in [0.717, 1.165) is 36.5 Å². The first-order chi connectivity index (χ1) is 13.5. The number of carbonyl (C=O) groups excluding carboxylic acids is 2. The largest absolute Gasteiger partial charge is 0.415 e. The molecule has 8 heteroatoms. The predicted octanol–water partition coefficient (Wildman–Crippen LogP) is 2.50. The van der Waals surface area contributed by atoms with E-state index in [2.05, 4.69) is 10.2 Å². The van der Waals surface area contributed by atoms with E-state index in [-0.39, 0.29) is 17.1 Å². The summed E-state index contributed by atoms with van der Waals surface area (Å²) in [4.78, 5) is 25.9. The van der Waals surface area contributed by atoms with Crippen LogP contribution >= 0.6 is 11.8 Å². The number of hydrogen-bond donors (Lipinski definition) is 1. The summed E-state index contributed by atoms with van der Waals surface area (Å²) < 4.78 is 6.06. The van der Waals surface area contributed by atoms with Crippen molar-refractivity contribution in [1.29, 1.82) is 0 Å². The maximum atomic E-state index is 12.6. The Hall–Kier alpha value is -1.57. The predicted molar refractivity (Wildman–Crippen MR) is 103 cm³/mol. The highest BCUT2D eigenvalue weighted by Crippen LogP contribution is 2.60. The minimum Gasteiger partial charge on any atom is -0.415 e. The van der Waals surface area contributed by atoms with Gasteiger partial charge in [0.05, 0.1) is 5.75 Å². The third-order valence-electron chi connectivity index (χ3n) is 7.37. The fraction of sp³-hybridized carbons (Fsp3) is 0.800. The SMILES string of the molecule is NC(=O)[C@H]1CCCCN1C(=O)CSc1nnc(C23CC4CC(CC(C4)C2)C3)o1. The molecule has 2 amide bonds. The average Bonchev–Trinajstić information content (AvgIpc) is 3.15. The first-order valence-corrected chi connectivity index (χ1v) is 11.6. The second-order valence-corrected chi connectivity index (χ2v) is 10.3. The van der Waals surface area contributed by atoms with Crippen molar-refractivity contribution in [2.75, 3.05) is 12.3 Å². The Morgan fingerprint density at radius 2 is 1.79 bits per heavy atom. The van der Waals surface area contributed by atoms with Crippen molar-refractivity contribution in [2.45, 2.75) is 74.5 Å². The zero-order valence-corrected chi connectivity index (χ0v) is 17.0. The van der Waals surface area contributed by atoms with E-state index in [9.17, 15) is 9.59 Å². The molecule has 0 aromatic carbocycles. The Kier molecular flexibility index (Phi) is 4.64. The van der Waals surface area contributed by atoms with Crippen molar-refractivity contribution in [2.24, 2.45) is 23.5 Å². The summed E-state index contributed by atoms with van der Waals surface area (Å²) in [6, 6.07) is -0.480. The van der Waals surface area contributed by atoms with Crippen LogP contribution in [0.4, 0.5) is 0 Å². The molecule has 1 saturated heterocycles. The molecule has 28 heavy (non-hydrogen) atoms. The smallest absolute Gasteiger partial charge is 0.277 e. The summed E-state index contributed by atoms with van der Waals surface area (Å²) in [5, 5.41) is 9.10. The summed E-state index contributed by atoms with van der Waals surface area (Å²) in [6.45, 7) is 0.593. The summed E-state index contributed by atoms with van der Waals surface area (Å²) >= 11 is 1.28. The zero-order chi connectivity index (χ0) is 19.3. The lowest BCUT2D eigenvalue weighted by Gasteiger charge is -2.55. The van der Waals surface area contributed by atoms with E-state index < -0.39 is 11.9 Å². The van der Waals surface area contributed by atoms with Gasteiger partial charge < -0.3 is 15.1 Å². The first-order valence-electron chi connectivity index (χ1n) is 10.6. The summed E-state index contributed by atoms with van der Waals surface area (Å²) in [6.07, 6.45) is 10.2. The van der Waals surface area contributed by atoms with Gasteiger partial charge in [-0.2, -0.15) is 0 Å². The second kappa shape index (κ2) is 7.04. The van der Waals surface area contributed by atoms with E-state index in [4.69, 9.17) is 10.2 Å². The number of primary amides is 1. The number of amides is 2. The quantitative estimate of drug-likeness (QED) is 0.757. The molecule has 5 fully saturated rings. The normalized spacial score (nSPS) is 36.6. The van der Waals surface area contributed by atoms with Crippen LogP contribution in [-0.2, 0) is 15.0 Å². The van der Waals surface area contributed by atoms with Gasteiger partial charge in [-0.15, -0.1) is 10.2 Å². The van der Waals surface area contributed by atoms with E-state index in [1.807, 2.05) is 0 Å². The number of hydrogen-bond acceptors (Lipinski definition) is 6. The van der Waals surface area contributed by atoms with Crippen LogP contribution in [0.3, 0.4) is 0 Å². The highest BCUT2D eigenvalue weighted by atomic mass is 32.2. The highest BCUT2D eigenvalue weighted by Gasteiger charge is 2.54. The Balaban J connectivity index is 1.24. The lowest BCUT2D eigenvalue weighted by atomic mass is 9.49. The molecular weight excluding hydrogens is 376 g/mol. The molecule has 5 aliphatic rings.